The number of alkyl halides is 3. The Hall–Kier alpha value is -0.990. The topological polar surface area (TPSA) is 36.4 Å². The van der Waals surface area contributed by atoms with Gasteiger partial charge < -0.3 is 10.6 Å². The first kappa shape index (κ1) is 20.1. The van der Waals surface area contributed by atoms with E-state index in [2.05, 4.69) is 15.6 Å². The minimum Gasteiger partial charge on any atom is -0.356 e. The first-order valence-corrected chi connectivity index (χ1v) is 7.37. The molecule has 2 N–H and O–H groups in total. The number of guanidine groups is 1. The van der Waals surface area contributed by atoms with Gasteiger partial charge in [-0.15, -0.1) is 24.0 Å². The summed E-state index contributed by atoms with van der Waals surface area (Å²) < 4.78 is 38.5. The van der Waals surface area contributed by atoms with E-state index < -0.39 is 17.2 Å². The maximum Gasteiger partial charge on any atom is 0.416 e. The van der Waals surface area contributed by atoms with Crippen LogP contribution in [0.25, 0.3) is 0 Å². The Balaban J connectivity index is 0.00000264. The van der Waals surface area contributed by atoms with Crippen LogP contribution in [0.5, 0.6) is 0 Å². The van der Waals surface area contributed by atoms with Crippen LogP contribution in [0.1, 0.15) is 37.8 Å². The Morgan fingerprint density at radius 2 is 1.83 bits per heavy atom. The lowest BCUT2D eigenvalue weighted by atomic mass is 9.84. The second-order valence-electron chi connectivity index (χ2n) is 6.31. The van der Waals surface area contributed by atoms with Crippen LogP contribution in [0.2, 0.25) is 0 Å². The summed E-state index contributed by atoms with van der Waals surface area (Å²) in [7, 11) is 1.69. The van der Waals surface area contributed by atoms with Gasteiger partial charge in [0.15, 0.2) is 5.96 Å². The van der Waals surface area contributed by atoms with Gasteiger partial charge in [0.05, 0.1) is 5.56 Å². The molecule has 2 rings (SSSR count). The number of benzene rings is 1. The first-order chi connectivity index (χ1) is 10.2. The molecule has 1 aliphatic carbocycles. The fourth-order valence-electron chi connectivity index (χ4n) is 2.14. The molecule has 23 heavy (non-hydrogen) atoms. The van der Waals surface area contributed by atoms with Crippen LogP contribution >= 0.6 is 24.0 Å². The number of hydrogen-bond donors (Lipinski definition) is 2. The molecule has 1 aromatic carbocycles. The molecule has 0 atom stereocenters. The summed E-state index contributed by atoms with van der Waals surface area (Å²) in [5.74, 6) is 0.697. The number of nitrogens with zero attached hydrogens (tertiary/aromatic N) is 1. The second kappa shape index (κ2) is 7.72. The molecule has 0 amide bonds. The van der Waals surface area contributed by atoms with Gasteiger partial charge in [-0.25, -0.2) is 0 Å². The molecule has 1 saturated carbocycles. The smallest absolute Gasteiger partial charge is 0.356 e. The third-order valence-electron chi connectivity index (χ3n) is 3.81. The highest BCUT2D eigenvalue weighted by atomic mass is 127. The summed E-state index contributed by atoms with van der Waals surface area (Å²) in [5, 5.41) is 6.45. The first-order valence-electron chi connectivity index (χ1n) is 7.37. The van der Waals surface area contributed by atoms with Crippen LogP contribution < -0.4 is 10.6 Å². The Bertz CT molecular complexity index is 552. The fraction of sp³-hybridized carbons (Fsp3) is 0.562. The molecule has 1 aromatic rings. The van der Waals surface area contributed by atoms with Gasteiger partial charge in [-0.2, -0.15) is 13.2 Å². The highest BCUT2D eigenvalue weighted by Gasteiger charge is 2.32. The van der Waals surface area contributed by atoms with Gasteiger partial charge in [-0.05, 0) is 24.5 Å². The molecule has 1 aliphatic rings. The summed E-state index contributed by atoms with van der Waals surface area (Å²) in [6, 6.07) is 5.98. The molecule has 0 unspecified atom stereocenters. The molecule has 0 radical (unpaired) electrons. The SMILES string of the molecule is CN=C(NCC(C)(C)c1cccc(C(F)(F)F)c1)NC1CC1.I. The van der Waals surface area contributed by atoms with E-state index in [1.54, 1.807) is 13.1 Å². The van der Waals surface area contributed by atoms with Gasteiger partial charge in [-0.3, -0.25) is 4.99 Å². The maximum absolute atomic E-state index is 12.8. The Morgan fingerprint density at radius 1 is 1.22 bits per heavy atom. The molecule has 0 heterocycles. The summed E-state index contributed by atoms with van der Waals surface area (Å²) >= 11 is 0. The van der Waals surface area contributed by atoms with Crippen molar-refractivity contribution in [2.45, 2.75) is 44.3 Å². The number of rotatable bonds is 4. The lowest BCUT2D eigenvalue weighted by Gasteiger charge is -2.27. The van der Waals surface area contributed by atoms with E-state index in [0.717, 1.165) is 18.9 Å². The molecular formula is C16H23F3IN3. The minimum atomic E-state index is -4.32. The molecule has 0 aliphatic heterocycles. The zero-order chi connectivity index (χ0) is 16.4. The molecule has 0 bridgehead atoms. The normalized spacial score (nSPS) is 15.8. The van der Waals surface area contributed by atoms with Gasteiger partial charge in [0, 0.05) is 25.0 Å². The van der Waals surface area contributed by atoms with Crippen molar-refractivity contribution in [2.24, 2.45) is 4.99 Å². The van der Waals surface area contributed by atoms with Crippen molar-refractivity contribution in [2.75, 3.05) is 13.6 Å². The van der Waals surface area contributed by atoms with E-state index in [1.807, 2.05) is 13.8 Å². The molecular weight excluding hydrogens is 418 g/mol. The molecule has 7 heteroatoms. The minimum absolute atomic E-state index is 0. The second-order valence-corrected chi connectivity index (χ2v) is 6.31. The van der Waals surface area contributed by atoms with Gasteiger partial charge in [-0.1, -0.05) is 32.0 Å². The van der Waals surface area contributed by atoms with E-state index in [-0.39, 0.29) is 24.0 Å². The van der Waals surface area contributed by atoms with Crippen molar-refractivity contribution in [1.82, 2.24) is 10.6 Å². The number of aliphatic imine (C=N–C) groups is 1. The summed E-state index contributed by atoms with van der Waals surface area (Å²) in [6.45, 7) is 4.33. The number of hydrogen-bond acceptors (Lipinski definition) is 1. The molecule has 130 valence electrons. The zero-order valence-electron chi connectivity index (χ0n) is 13.5. The van der Waals surface area contributed by atoms with E-state index in [0.29, 0.717) is 24.1 Å². The third kappa shape index (κ3) is 5.86. The van der Waals surface area contributed by atoms with Gasteiger partial charge in [0.2, 0.25) is 0 Å². The Kier molecular flexibility index (Phi) is 6.73. The Morgan fingerprint density at radius 3 is 2.35 bits per heavy atom. The van der Waals surface area contributed by atoms with Gasteiger partial charge in [0.1, 0.15) is 0 Å². The summed E-state index contributed by atoms with van der Waals surface area (Å²) in [5.41, 5.74) is -0.405. The van der Waals surface area contributed by atoms with E-state index in [4.69, 9.17) is 0 Å². The van der Waals surface area contributed by atoms with Gasteiger partial charge >= 0.3 is 6.18 Å². The summed E-state index contributed by atoms with van der Waals surface area (Å²) in [4.78, 5) is 4.14. The zero-order valence-corrected chi connectivity index (χ0v) is 15.8. The standard InChI is InChI=1S/C16H22F3N3.HI/c1-15(2,10-21-14(20-3)22-13-7-8-13)11-5-4-6-12(9-11)16(17,18)19;/h4-6,9,13H,7-8,10H2,1-3H3,(H2,20,21,22);1H. The van der Waals surface area contributed by atoms with Crippen molar-refractivity contribution in [3.05, 3.63) is 35.4 Å². The lowest BCUT2D eigenvalue weighted by Crippen LogP contribution is -2.44. The third-order valence-corrected chi connectivity index (χ3v) is 3.81. The van der Waals surface area contributed by atoms with Crippen molar-refractivity contribution in [3.63, 3.8) is 0 Å². The largest absolute Gasteiger partial charge is 0.416 e. The highest BCUT2D eigenvalue weighted by Crippen LogP contribution is 2.32. The number of nitrogens with one attached hydrogen (secondary N) is 2. The van der Waals surface area contributed by atoms with Crippen molar-refractivity contribution in [1.29, 1.82) is 0 Å². The molecule has 0 spiro atoms. The van der Waals surface area contributed by atoms with Crippen molar-refractivity contribution < 1.29 is 13.2 Å². The van der Waals surface area contributed by atoms with E-state index in [1.165, 1.54) is 12.1 Å². The molecule has 3 nitrogen and oxygen atoms in total. The Labute approximate surface area is 152 Å². The summed E-state index contributed by atoms with van der Waals surface area (Å²) in [6.07, 6.45) is -2.04. The lowest BCUT2D eigenvalue weighted by molar-refractivity contribution is -0.137. The van der Waals surface area contributed by atoms with Crippen LogP contribution in [-0.2, 0) is 11.6 Å². The van der Waals surface area contributed by atoms with Crippen LogP contribution in [0.4, 0.5) is 13.2 Å². The average molecular weight is 441 g/mol. The monoisotopic (exact) mass is 441 g/mol. The molecule has 0 saturated heterocycles. The quantitative estimate of drug-likeness (QED) is 0.422. The highest BCUT2D eigenvalue weighted by molar-refractivity contribution is 14.0. The molecule has 0 aromatic heterocycles. The molecule has 1 fully saturated rings. The average Bonchev–Trinajstić information content (AvgIpc) is 3.26. The number of halogens is 4. The van der Waals surface area contributed by atoms with Crippen LogP contribution in [-0.4, -0.2) is 25.6 Å². The van der Waals surface area contributed by atoms with Crippen LogP contribution in [0.3, 0.4) is 0 Å². The van der Waals surface area contributed by atoms with E-state index in [9.17, 15) is 13.2 Å². The van der Waals surface area contributed by atoms with Crippen molar-refractivity contribution in [3.8, 4) is 0 Å². The van der Waals surface area contributed by atoms with Crippen LogP contribution in [0, 0.1) is 0 Å². The maximum atomic E-state index is 12.8. The fourth-order valence-corrected chi connectivity index (χ4v) is 2.14. The predicted octanol–water partition coefficient (Wildman–Crippen LogP) is 3.93. The van der Waals surface area contributed by atoms with E-state index >= 15 is 0 Å². The predicted molar refractivity (Wildman–Crippen MR) is 97.4 cm³/mol. The van der Waals surface area contributed by atoms with Crippen molar-refractivity contribution >= 4 is 29.9 Å². The van der Waals surface area contributed by atoms with Gasteiger partial charge in [0.25, 0.3) is 0 Å². The van der Waals surface area contributed by atoms with Crippen LogP contribution in [0.15, 0.2) is 29.3 Å².